The van der Waals surface area contributed by atoms with E-state index in [9.17, 15) is 0 Å². The third-order valence-corrected chi connectivity index (χ3v) is 20.5. The molecular weight excluding hydrogens is 1150 g/mol. The molecule has 0 N–H and O–H groups in total. The van der Waals surface area contributed by atoms with E-state index in [4.69, 9.17) is 25.1 Å². The molecule has 0 fully saturated rings. The van der Waals surface area contributed by atoms with Crippen LogP contribution >= 0.6 is 32.3 Å². The van der Waals surface area contributed by atoms with Gasteiger partial charge in [-0.3, -0.25) is 0 Å². The minimum absolute atomic E-state index is 0. The van der Waals surface area contributed by atoms with Crippen LogP contribution in [0.4, 0.5) is 0 Å². The molecule has 0 atom stereocenters. The zero-order valence-electron chi connectivity index (χ0n) is 46.0. The van der Waals surface area contributed by atoms with Crippen LogP contribution in [-0.2, 0) is 55.9 Å². The summed E-state index contributed by atoms with van der Waals surface area (Å²) in [5.41, 5.74) is 0. The van der Waals surface area contributed by atoms with Crippen molar-refractivity contribution in [3.05, 3.63) is 263 Å². The second kappa shape index (κ2) is 42.7. The van der Waals surface area contributed by atoms with Gasteiger partial charge in [0.2, 0.25) is 0 Å². The normalized spacial score (nSPS) is 10.4. The molecular formula is C64H82Cu2FeN4OP4+3. The summed E-state index contributed by atoms with van der Waals surface area (Å²) in [6.45, 7) is 22.9. The van der Waals surface area contributed by atoms with Gasteiger partial charge in [0.25, 0.3) is 0 Å². The maximum absolute atomic E-state index is 4.92. The predicted octanol–water partition coefficient (Wildman–Crippen LogP) is 15.2. The quantitative estimate of drug-likeness (QED) is 0.0624. The molecule has 76 heavy (non-hydrogen) atoms. The first-order valence-corrected chi connectivity index (χ1v) is 31.6. The van der Waals surface area contributed by atoms with Crippen LogP contribution in [0, 0.1) is 0 Å². The van der Waals surface area contributed by atoms with E-state index in [1.807, 2.05) is 13.8 Å². The SMILES string of the molecule is CC(C)[N-][PH+](c1ccccc1)c1ccccc1.CC(C)[N-][PH+](c1ccccc1)c1ccccc1.CC(C)[N-][PH+](c1ccccc1)c1ccccc1.CC(C)[N-][PH+](c1ccccc1)c1ccccc1.CCOCC.[Cu+2].[Cu+].[Fe]. The largest absolute Gasteiger partial charge is 2.00 e. The van der Waals surface area contributed by atoms with Gasteiger partial charge in [0.05, 0.1) is 42.4 Å². The van der Waals surface area contributed by atoms with Gasteiger partial charge in [-0.25, -0.2) is 0 Å². The summed E-state index contributed by atoms with van der Waals surface area (Å²) in [6.07, 6.45) is 0. The third kappa shape index (κ3) is 28.1. The fourth-order valence-corrected chi connectivity index (χ4v) is 15.9. The van der Waals surface area contributed by atoms with Gasteiger partial charge >= 0.3 is 34.1 Å². The fraction of sp³-hybridized carbons (Fsp3) is 0.250. The first kappa shape index (κ1) is 70.9. The Bertz CT molecular complexity index is 2030. The first-order valence-electron chi connectivity index (χ1n) is 25.8. The average Bonchev–Trinajstić information content (AvgIpc) is 3.43. The van der Waals surface area contributed by atoms with Crippen molar-refractivity contribution in [2.75, 3.05) is 13.2 Å². The van der Waals surface area contributed by atoms with E-state index in [1.165, 1.54) is 42.4 Å². The Balaban J connectivity index is 0.000000485. The number of hydrogen-bond donors (Lipinski definition) is 0. The summed E-state index contributed by atoms with van der Waals surface area (Å²) in [6, 6.07) is 86.5. The van der Waals surface area contributed by atoms with E-state index in [0.29, 0.717) is 24.2 Å². The Morgan fingerprint density at radius 2 is 0.395 bits per heavy atom. The summed E-state index contributed by atoms with van der Waals surface area (Å²) < 4.78 is 4.83. The zero-order chi connectivity index (χ0) is 52.5. The van der Waals surface area contributed by atoms with E-state index >= 15 is 0 Å². The van der Waals surface area contributed by atoms with Crippen molar-refractivity contribution < 1.29 is 55.9 Å². The topological polar surface area (TPSA) is 65.6 Å². The second-order valence-electron chi connectivity index (χ2n) is 18.0. The third-order valence-electron chi connectivity index (χ3n) is 10.3. The standard InChI is InChI=1S/4C15H18NP.C4H10O.2Cu.Fe/c4*1-13(2)16-17(14-9-5-3-6-10-14)15-11-7-4-8-12-15;1-3-5-4-2;;;/h4*3-13,17H,1-2H3;3-4H2,1-2H3;;;/q;;;;;+1;+2;. The van der Waals surface area contributed by atoms with E-state index in [1.54, 1.807) is 0 Å². The molecule has 0 bridgehead atoms. The van der Waals surface area contributed by atoms with Crippen molar-refractivity contribution in [3.8, 4) is 0 Å². The number of hydrogen-bond acceptors (Lipinski definition) is 1. The average molecular weight is 1230 g/mol. The molecule has 8 aromatic carbocycles. The van der Waals surface area contributed by atoms with Crippen LogP contribution in [0.3, 0.4) is 0 Å². The van der Waals surface area contributed by atoms with E-state index < -0.39 is 32.3 Å². The van der Waals surface area contributed by atoms with Gasteiger partial charge < -0.3 is 25.1 Å². The summed E-state index contributed by atoms with van der Waals surface area (Å²) in [5, 5.41) is 30.5. The second-order valence-corrected chi connectivity index (χ2v) is 26.4. The molecule has 411 valence electrons. The number of rotatable bonds is 18. The smallest absolute Gasteiger partial charge is 0.481 e. The molecule has 0 amide bonds. The molecule has 0 heterocycles. The maximum atomic E-state index is 4.92. The molecule has 0 aliphatic rings. The maximum Gasteiger partial charge on any atom is 2.00 e. The molecule has 0 saturated heterocycles. The summed E-state index contributed by atoms with van der Waals surface area (Å²) >= 11 is 0. The molecule has 0 aliphatic heterocycles. The van der Waals surface area contributed by atoms with Crippen molar-refractivity contribution in [2.24, 2.45) is 0 Å². The van der Waals surface area contributed by atoms with Gasteiger partial charge in [0, 0.05) is 30.3 Å². The van der Waals surface area contributed by atoms with Gasteiger partial charge in [-0.1, -0.05) is 201 Å². The molecule has 8 aromatic rings. The number of ether oxygens (including phenoxy) is 1. The van der Waals surface area contributed by atoms with Crippen LogP contribution in [0.15, 0.2) is 243 Å². The molecule has 0 aromatic heterocycles. The molecule has 5 nitrogen and oxygen atoms in total. The van der Waals surface area contributed by atoms with Crippen LogP contribution in [0.5, 0.6) is 0 Å². The predicted molar refractivity (Wildman–Crippen MR) is 338 cm³/mol. The van der Waals surface area contributed by atoms with Gasteiger partial charge in [-0.15, -0.1) is 24.2 Å². The first-order chi connectivity index (χ1) is 35.5. The van der Waals surface area contributed by atoms with Crippen molar-refractivity contribution in [2.45, 2.75) is 93.4 Å². The van der Waals surface area contributed by atoms with Crippen LogP contribution in [0.25, 0.3) is 20.3 Å². The van der Waals surface area contributed by atoms with Gasteiger partial charge in [-0.05, 0) is 143 Å². The van der Waals surface area contributed by atoms with Crippen LogP contribution in [-0.4, -0.2) is 37.4 Å². The number of benzene rings is 8. The Morgan fingerprint density at radius 3 is 0.474 bits per heavy atom. The molecule has 0 saturated carbocycles. The van der Waals surface area contributed by atoms with Gasteiger partial charge in [-0.2, -0.15) is 0 Å². The van der Waals surface area contributed by atoms with E-state index in [2.05, 4.69) is 298 Å². The van der Waals surface area contributed by atoms with Crippen LogP contribution in [0.1, 0.15) is 69.2 Å². The Morgan fingerprint density at radius 1 is 0.276 bits per heavy atom. The molecule has 0 aliphatic carbocycles. The van der Waals surface area contributed by atoms with E-state index in [0.717, 1.165) is 13.2 Å². The van der Waals surface area contributed by atoms with Crippen molar-refractivity contribution >= 4 is 74.7 Å². The minimum Gasteiger partial charge on any atom is -0.481 e. The minimum atomic E-state index is -0.974. The molecule has 8 rings (SSSR count). The Kier molecular flexibility index (Phi) is 39.8. The van der Waals surface area contributed by atoms with Gasteiger partial charge in [0.15, 0.2) is 0 Å². The van der Waals surface area contributed by atoms with Crippen LogP contribution < -0.4 is 42.4 Å². The molecule has 0 spiro atoms. The monoisotopic (exact) mass is 1230 g/mol. The van der Waals surface area contributed by atoms with E-state index in [-0.39, 0.29) is 51.2 Å². The number of nitrogens with zero attached hydrogens (tertiary/aromatic N) is 4. The fourth-order valence-electron chi connectivity index (χ4n) is 7.27. The van der Waals surface area contributed by atoms with Crippen molar-refractivity contribution in [1.29, 1.82) is 0 Å². The summed E-state index contributed by atoms with van der Waals surface area (Å²) in [5.74, 6) is 0. The Labute approximate surface area is 496 Å². The molecule has 0 unspecified atom stereocenters. The summed E-state index contributed by atoms with van der Waals surface area (Å²) in [7, 11) is -3.90. The molecule has 1 radical (unpaired) electrons. The van der Waals surface area contributed by atoms with Gasteiger partial charge in [0.1, 0.15) is 0 Å². The van der Waals surface area contributed by atoms with Crippen LogP contribution in [0.2, 0.25) is 0 Å². The van der Waals surface area contributed by atoms with Crippen molar-refractivity contribution in [3.63, 3.8) is 0 Å². The summed E-state index contributed by atoms with van der Waals surface area (Å²) in [4.78, 5) is 0. The molecule has 12 heteroatoms. The Hall–Kier alpha value is -3.16. The zero-order valence-corrected chi connectivity index (χ0v) is 53.0. The van der Waals surface area contributed by atoms with Crippen molar-refractivity contribution in [1.82, 2.24) is 0 Å².